The highest BCUT2D eigenvalue weighted by atomic mass is 16.5. The van der Waals surface area contributed by atoms with Crippen molar-refractivity contribution in [2.75, 3.05) is 7.05 Å². The molecule has 0 spiro atoms. The van der Waals surface area contributed by atoms with Crippen LogP contribution in [0.25, 0.3) is 0 Å². The number of nitrogens with one attached hydrogen (secondary N) is 1. The van der Waals surface area contributed by atoms with E-state index in [1.54, 1.807) is 0 Å². The van der Waals surface area contributed by atoms with Crippen LogP contribution in [0.2, 0.25) is 0 Å². The van der Waals surface area contributed by atoms with E-state index in [0.29, 0.717) is 6.04 Å². The molecular formula is C15H25NO. The first-order valence-electron chi connectivity index (χ1n) is 6.42. The maximum Gasteiger partial charge on any atom is 0.120 e. The second kappa shape index (κ2) is 6.06. The zero-order chi connectivity index (χ0) is 12.9. The van der Waals surface area contributed by atoms with Gasteiger partial charge in [-0.3, -0.25) is 0 Å². The quantitative estimate of drug-likeness (QED) is 0.835. The molecule has 0 aromatic heterocycles. The molecule has 2 nitrogen and oxygen atoms in total. The standard InChI is InChI=1S/C15H25NO/c1-6-7-14(16-5)12-8-10-13(11-9-12)17-15(2,3)4/h8-11,14,16H,6-7H2,1-5H3. The van der Waals surface area contributed by atoms with Crippen LogP contribution in [0.3, 0.4) is 0 Å². The smallest absolute Gasteiger partial charge is 0.120 e. The van der Waals surface area contributed by atoms with Gasteiger partial charge in [0, 0.05) is 6.04 Å². The topological polar surface area (TPSA) is 21.3 Å². The van der Waals surface area contributed by atoms with E-state index in [0.717, 1.165) is 12.2 Å². The molecule has 96 valence electrons. The molecule has 0 bridgehead atoms. The highest BCUT2D eigenvalue weighted by Gasteiger charge is 2.12. The zero-order valence-corrected chi connectivity index (χ0v) is 11.7. The fourth-order valence-electron chi connectivity index (χ4n) is 1.89. The van der Waals surface area contributed by atoms with Crippen LogP contribution in [0.4, 0.5) is 0 Å². The molecular weight excluding hydrogens is 210 g/mol. The van der Waals surface area contributed by atoms with E-state index in [4.69, 9.17) is 4.74 Å². The number of rotatable bonds is 5. The summed E-state index contributed by atoms with van der Waals surface area (Å²) in [5, 5.41) is 3.35. The van der Waals surface area contributed by atoms with Gasteiger partial charge in [0.05, 0.1) is 0 Å². The van der Waals surface area contributed by atoms with Gasteiger partial charge in [-0.05, 0) is 51.9 Å². The first-order valence-corrected chi connectivity index (χ1v) is 6.42. The predicted molar refractivity (Wildman–Crippen MR) is 73.5 cm³/mol. The number of benzene rings is 1. The van der Waals surface area contributed by atoms with E-state index < -0.39 is 0 Å². The van der Waals surface area contributed by atoms with E-state index in [1.165, 1.54) is 12.0 Å². The first-order chi connectivity index (χ1) is 7.96. The molecule has 0 radical (unpaired) electrons. The summed E-state index contributed by atoms with van der Waals surface area (Å²) >= 11 is 0. The molecule has 2 heteroatoms. The second-order valence-electron chi connectivity index (χ2n) is 5.41. The predicted octanol–water partition coefficient (Wildman–Crippen LogP) is 3.92. The van der Waals surface area contributed by atoms with Crippen molar-refractivity contribution in [2.45, 2.75) is 52.2 Å². The van der Waals surface area contributed by atoms with Crippen molar-refractivity contribution < 1.29 is 4.74 Å². The largest absolute Gasteiger partial charge is 0.488 e. The van der Waals surface area contributed by atoms with Crippen molar-refractivity contribution in [3.05, 3.63) is 29.8 Å². The third-order valence-corrected chi connectivity index (χ3v) is 2.63. The van der Waals surface area contributed by atoms with Gasteiger partial charge in [0.1, 0.15) is 11.4 Å². The average molecular weight is 235 g/mol. The molecule has 1 unspecified atom stereocenters. The molecule has 1 rings (SSSR count). The molecule has 0 saturated carbocycles. The SMILES string of the molecule is CCCC(NC)c1ccc(OC(C)(C)C)cc1. The lowest BCUT2D eigenvalue weighted by Crippen LogP contribution is -2.23. The molecule has 0 amide bonds. The van der Waals surface area contributed by atoms with Crippen LogP contribution >= 0.6 is 0 Å². The minimum absolute atomic E-state index is 0.132. The Balaban J connectivity index is 2.73. The van der Waals surface area contributed by atoms with Gasteiger partial charge >= 0.3 is 0 Å². The van der Waals surface area contributed by atoms with Crippen molar-refractivity contribution in [1.82, 2.24) is 5.32 Å². The van der Waals surface area contributed by atoms with Gasteiger partial charge in [-0.25, -0.2) is 0 Å². The van der Waals surface area contributed by atoms with Crippen LogP contribution in [-0.4, -0.2) is 12.6 Å². The van der Waals surface area contributed by atoms with Crippen molar-refractivity contribution in [1.29, 1.82) is 0 Å². The minimum atomic E-state index is -0.132. The summed E-state index contributed by atoms with van der Waals surface area (Å²) in [4.78, 5) is 0. The lowest BCUT2D eigenvalue weighted by molar-refractivity contribution is 0.131. The van der Waals surface area contributed by atoms with Crippen LogP contribution in [0.1, 0.15) is 52.1 Å². The summed E-state index contributed by atoms with van der Waals surface area (Å²) in [6.07, 6.45) is 2.35. The lowest BCUT2D eigenvalue weighted by Gasteiger charge is -2.22. The monoisotopic (exact) mass is 235 g/mol. The zero-order valence-electron chi connectivity index (χ0n) is 11.7. The molecule has 0 heterocycles. The van der Waals surface area contributed by atoms with Crippen LogP contribution < -0.4 is 10.1 Å². The Morgan fingerprint density at radius 2 is 1.76 bits per heavy atom. The first kappa shape index (κ1) is 14.0. The van der Waals surface area contributed by atoms with E-state index >= 15 is 0 Å². The van der Waals surface area contributed by atoms with Crippen LogP contribution in [-0.2, 0) is 0 Å². The van der Waals surface area contributed by atoms with Crippen molar-refractivity contribution in [2.24, 2.45) is 0 Å². The normalized spacial score (nSPS) is 13.5. The summed E-state index contributed by atoms with van der Waals surface area (Å²) in [5.74, 6) is 0.938. The van der Waals surface area contributed by atoms with Gasteiger partial charge in [0.25, 0.3) is 0 Å². The molecule has 1 atom stereocenters. The molecule has 1 aromatic carbocycles. The van der Waals surface area contributed by atoms with Crippen LogP contribution in [0, 0.1) is 0 Å². The fourth-order valence-corrected chi connectivity index (χ4v) is 1.89. The van der Waals surface area contributed by atoms with Gasteiger partial charge in [-0.2, -0.15) is 0 Å². The molecule has 1 aromatic rings. The minimum Gasteiger partial charge on any atom is -0.488 e. The summed E-state index contributed by atoms with van der Waals surface area (Å²) in [7, 11) is 2.01. The molecule has 0 fully saturated rings. The average Bonchev–Trinajstić information content (AvgIpc) is 2.25. The molecule has 0 aliphatic rings. The Morgan fingerprint density at radius 1 is 1.18 bits per heavy atom. The third kappa shape index (κ3) is 4.78. The van der Waals surface area contributed by atoms with Crippen molar-refractivity contribution in [3.8, 4) is 5.75 Å². The number of ether oxygens (including phenoxy) is 1. The molecule has 1 N–H and O–H groups in total. The Kier molecular flexibility index (Phi) is 5.01. The summed E-state index contributed by atoms with van der Waals surface area (Å²) < 4.78 is 5.81. The van der Waals surface area contributed by atoms with Gasteiger partial charge < -0.3 is 10.1 Å². The van der Waals surface area contributed by atoms with E-state index in [1.807, 2.05) is 7.05 Å². The van der Waals surface area contributed by atoms with Crippen molar-refractivity contribution >= 4 is 0 Å². The Morgan fingerprint density at radius 3 is 2.18 bits per heavy atom. The molecule has 0 saturated heterocycles. The summed E-state index contributed by atoms with van der Waals surface area (Å²) in [5.41, 5.74) is 1.20. The highest BCUT2D eigenvalue weighted by Crippen LogP contribution is 2.23. The molecule has 0 aliphatic heterocycles. The molecule has 0 aliphatic carbocycles. The lowest BCUT2D eigenvalue weighted by atomic mass is 10.0. The van der Waals surface area contributed by atoms with E-state index in [9.17, 15) is 0 Å². The Labute approximate surface area is 105 Å². The second-order valence-corrected chi connectivity index (χ2v) is 5.41. The van der Waals surface area contributed by atoms with Gasteiger partial charge in [-0.1, -0.05) is 25.5 Å². The van der Waals surface area contributed by atoms with Gasteiger partial charge in [0.15, 0.2) is 0 Å². The Hall–Kier alpha value is -1.02. The molecule has 17 heavy (non-hydrogen) atoms. The summed E-state index contributed by atoms with van der Waals surface area (Å²) in [6, 6.07) is 8.86. The maximum atomic E-state index is 5.81. The van der Waals surface area contributed by atoms with Gasteiger partial charge in [0.2, 0.25) is 0 Å². The van der Waals surface area contributed by atoms with Crippen LogP contribution in [0.5, 0.6) is 5.75 Å². The van der Waals surface area contributed by atoms with Gasteiger partial charge in [-0.15, -0.1) is 0 Å². The third-order valence-electron chi connectivity index (χ3n) is 2.63. The maximum absolute atomic E-state index is 5.81. The number of hydrogen-bond acceptors (Lipinski definition) is 2. The van der Waals surface area contributed by atoms with E-state index in [2.05, 4.69) is 57.3 Å². The van der Waals surface area contributed by atoms with Crippen molar-refractivity contribution in [3.63, 3.8) is 0 Å². The fraction of sp³-hybridized carbons (Fsp3) is 0.600. The number of hydrogen-bond donors (Lipinski definition) is 1. The van der Waals surface area contributed by atoms with Crippen LogP contribution in [0.15, 0.2) is 24.3 Å². The van der Waals surface area contributed by atoms with E-state index in [-0.39, 0.29) is 5.60 Å². The summed E-state index contributed by atoms with van der Waals surface area (Å²) in [6.45, 7) is 8.40. The highest BCUT2D eigenvalue weighted by molar-refractivity contribution is 5.29. The Bertz CT molecular complexity index is 324.